The van der Waals surface area contributed by atoms with Gasteiger partial charge >= 0.3 is 5.97 Å². The molecule has 0 saturated heterocycles. The quantitative estimate of drug-likeness (QED) is 0.792. The number of hydrogen-bond acceptors (Lipinski definition) is 4. The zero-order valence-corrected chi connectivity index (χ0v) is 11.5. The van der Waals surface area contributed by atoms with Crippen LogP contribution in [0.3, 0.4) is 0 Å². The van der Waals surface area contributed by atoms with Gasteiger partial charge in [0, 0.05) is 5.54 Å². The number of aromatic nitrogens is 3. The summed E-state index contributed by atoms with van der Waals surface area (Å²) in [4.78, 5) is 10.6. The maximum atomic E-state index is 10.6. The Hall–Kier alpha value is -1.04. The van der Waals surface area contributed by atoms with Crippen molar-refractivity contribution >= 4 is 17.7 Å². The molecule has 1 N–H and O–H groups in total. The number of carbonyl (C=O) groups is 1. The fraction of sp³-hybridized carbons (Fsp3) is 0.727. The van der Waals surface area contributed by atoms with E-state index in [2.05, 4.69) is 35.5 Å². The summed E-state index contributed by atoms with van der Waals surface area (Å²) >= 11 is 1.22. The Morgan fingerprint density at radius 2 is 2.00 bits per heavy atom. The molecule has 1 rings (SSSR count). The van der Waals surface area contributed by atoms with E-state index >= 15 is 0 Å². The number of rotatable bonds is 6. The highest BCUT2D eigenvalue weighted by Crippen LogP contribution is 2.30. The van der Waals surface area contributed by atoms with E-state index in [0.717, 1.165) is 18.7 Å². The third-order valence-electron chi connectivity index (χ3n) is 3.18. The van der Waals surface area contributed by atoms with Crippen LogP contribution >= 0.6 is 11.8 Å². The van der Waals surface area contributed by atoms with Crippen LogP contribution in [0.15, 0.2) is 5.16 Å². The lowest BCUT2D eigenvalue weighted by atomic mass is 9.95. The van der Waals surface area contributed by atoms with Crippen molar-refractivity contribution in [3.05, 3.63) is 5.82 Å². The first-order chi connectivity index (χ1) is 7.94. The average Bonchev–Trinajstić information content (AvgIpc) is 2.67. The summed E-state index contributed by atoms with van der Waals surface area (Å²) in [5, 5.41) is 17.5. The van der Waals surface area contributed by atoms with Crippen LogP contribution in [0.2, 0.25) is 0 Å². The van der Waals surface area contributed by atoms with E-state index in [-0.39, 0.29) is 11.3 Å². The summed E-state index contributed by atoms with van der Waals surface area (Å²) in [6, 6.07) is 0. The van der Waals surface area contributed by atoms with Crippen molar-refractivity contribution in [2.75, 3.05) is 5.75 Å². The van der Waals surface area contributed by atoms with Crippen molar-refractivity contribution in [3.63, 3.8) is 0 Å². The first-order valence-electron chi connectivity index (χ1n) is 5.71. The van der Waals surface area contributed by atoms with Crippen LogP contribution in [0.5, 0.6) is 0 Å². The van der Waals surface area contributed by atoms with Gasteiger partial charge in [0.1, 0.15) is 5.82 Å². The fourth-order valence-electron chi connectivity index (χ4n) is 1.75. The molecule has 1 aromatic rings. The molecule has 0 aromatic carbocycles. The van der Waals surface area contributed by atoms with Crippen molar-refractivity contribution in [2.24, 2.45) is 0 Å². The molecular formula is C11H19N3O2S. The van der Waals surface area contributed by atoms with Gasteiger partial charge in [0.25, 0.3) is 0 Å². The Morgan fingerprint density at radius 3 is 2.47 bits per heavy atom. The zero-order chi connectivity index (χ0) is 13.1. The van der Waals surface area contributed by atoms with Gasteiger partial charge in [-0.05, 0) is 26.7 Å². The molecule has 0 radical (unpaired) electrons. The summed E-state index contributed by atoms with van der Waals surface area (Å²) < 4.78 is 2.06. The molecule has 1 heterocycles. The highest BCUT2D eigenvalue weighted by molar-refractivity contribution is 7.99. The van der Waals surface area contributed by atoms with Crippen LogP contribution < -0.4 is 0 Å². The Labute approximate surface area is 106 Å². The minimum Gasteiger partial charge on any atom is -0.481 e. The van der Waals surface area contributed by atoms with Gasteiger partial charge in [-0.2, -0.15) is 0 Å². The third-order valence-corrected chi connectivity index (χ3v) is 4.10. The first-order valence-corrected chi connectivity index (χ1v) is 6.70. The molecule has 0 spiro atoms. The number of carboxylic acid groups (broad SMARTS) is 1. The van der Waals surface area contributed by atoms with Crippen LogP contribution in [0.1, 0.15) is 39.4 Å². The summed E-state index contributed by atoms with van der Waals surface area (Å²) in [5.74, 6) is 0.0164. The van der Waals surface area contributed by atoms with Gasteiger partial charge in [0.2, 0.25) is 0 Å². The summed E-state index contributed by atoms with van der Waals surface area (Å²) in [5.41, 5.74) is -0.0472. The van der Waals surface area contributed by atoms with E-state index in [9.17, 15) is 4.79 Å². The molecule has 5 nitrogen and oxygen atoms in total. The average molecular weight is 257 g/mol. The van der Waals surface area contributed by atoms with Crippen LogP contribution in [-0.4, -0.2) is 31.6 Å². The molecule has 0 bridgehead atoms. The first kappa shape index (κ1) is 14.0. The lowest BCUT2D eigenvalue weighted by molar-refractivity contribution is -0.133. The van der Waals surface area contributed by atoms with Gasteiger partial charge < -0.3 is 9.67 Å². The predicted octanol–water partition coefficient (Wildman–Crippen LogP) is 2.30. The molecule has 0 aliphatic heterocycles. The van der Waals surface area contributed by atoms with E-state index in [1.165, 1.54) is 11.8 Å². The van der Waals surface area contributed by atoms with Crippen LogP contribution in [-0.2, 0) is 10.3 Å². The maximum absolute atomic E-state index is 10.6. The largest absolute Gasteiger partial charge is 0.481 e. The molecule has 6 heteroatoms. The van der Waals surface area contributed by atoms with Crippen LogP contribution in [0.4, 0.5) is 0 Å². The van der Waals surface area contributed by atoms with Crippen molar-refractivity contribution in [3.8, 4) is 0 Å². The minimum atomic E-state index is -0.836. The molecular weight excluding hydrogens is 238 g/mol. The van der Waals surface area contributed by atoms with E-state index < -0.39 is 5.97 Å². The summed E-state index contributed by atoms with van der Waals surface area (Å²) in [6.45, 7) is 8.29. The van der Waals surface area contributed by atoms with Gasteiger partial charge in [-0.25, -0.2) is 0 Å². The van der Waals surface area contributed by atoms with Crippen molar-refractivity contribution in [2.45, 2.75) is 51.2 Å². The van der Waals surface area contributed by atoms with E-state index in [0.29, 0.717) is 5.16 Å². The number of thioether (sulfide) groups is 1. The van der Waals surface area contributed by atoms with Crippen LogP contribution in [0, 0.1) is 6.92 Å². The van der Waals surface area contributed by atoms with E-state index in [4.69, 9.17) is 5.11 Å². The van der Waals surface area contributed by atoms with Crippen LogP contribution in [0.25, 0.3) is 0 Å². The topological polar surface area (TPSA) is 68.0 Å². The third kappa shape index (κ3) is 3.00. The molecule has 0 unspecified atom stereocenters. The van der Waals surface area contributed by atoms with E-state index in [1.54, 1.807) is 0 Å². The Morgan fingerprint density at radius 1 is 1.41 bits per heavy atom. The summed E-state index contributed by atoms with van der Waals surface area (Å²) in [6.07, 6.45) is 1.92. The number of aliphatic carboxylic acids is 1. The highest BCUT2D eigenvalue weighted by Gasteiger charge is 2.27. The summed E-state index contributed by atoms with van der Waals surface area (Å²) in [7, 11) is 0. The molecule has 0 aliphatic carbocycles. The SMILES string of the molecule is CCC(C)(CC)n1c(C)nnc1SCC(=O)O. The van der Waals surface area contributed by atoms with Crippen molar-refractivity contribution in [1.82, 2.24) is 14.8 Å². The second kappa shape index (κ2) is 5.53. The van der Waals surface area contributed by atoms with Gasteiger partial charge in [0.15, 0.2) is 5.16 Å². The molecule has 0 amide bonds. The minimum absolute atomic E-state index is 0.0155. The Kier molecular flexibility index (Phi) is 4.56. The zero-order valence-electron chi connectivity index (χ0n) is 10.7. The van der Waals surface area contributed by atoms with Gasteiger partial charge in [0.05, 0.1) is 5.75 Å². The number of aryl methyl sites for hydroxylation is 1. The van der Waals surface area contributed by atoms with Crippen molar-refractivity contribution in [1.29, 1.82) is 0 Å². The number of nitrogens with zero attached hydrogens (tertiary/aromatic N) is 3. The number of hydrogen-bond donors (Lipinski definition) is 1. The number of carboxylic acids is 1. The lowest BCUT2D eigenvalue weighted by Crippen LogP contribution is -2.30. The second-order valence-corrected chi connectivity index (χ2v) is 5.19. The molecule has 17 heavy (non-hydrogen) atoms. The normalized spacial score (nSPS) is 11.8. The van der Waals surface area contributed by atoms with Gasteiger partial charge in [-0.3, -0.25) is 4.79 Å². The lowest BCUT2D eigenvalue weighted by Gasteiger charge is -2.30. The Balaban J connectivity index is 3.05. The predicted molar refractivity (Wildman–Crippen MR) is 67.3 cm³/mol. The van der Waals surface area contributed by atoms with Gasteiger partial charge in [-0.1, -0.05) is 25.6 Å². The molecule has 96 valence electrons. The molecule has 0 fully saturated rings. The Bertz CT molecular complexity index is 399. The maximum Gasteiger partial charge on any atom is 0.313 e. The molecule has 1 aromatic heterocycles. The van der Waals surface area contributed by atoms with Crippen molar-refractivity contribution < 1.29 is 9.90 Å². The van der Waals surface area contributed by atoms with E-state index in [1.807, 2.05) is 6.92 Å². The molecule has 0 aliphatic rings. The van der Waals surface area contributed by atoms with Gasteiger partial charge in [-0.15, -0.1) is 10.2 Å². The highest BCUT2D eigenvalue weighted by atomic mass is 32.2. The standard InChI is InChI=1S/C11H19N3O2S/c1-5-11(4,6-2)14-8(3)12-13-10(14)17-7-9(15)16/h5-7H2,1-4H3,(H,15,16). The monoisotopic (exact) mass is 257 g/mol. The smallest absolute Gasteiger partial charge is 0.313 e. The molecule has 0 saturated carbocycles. The second-order valence-electron chi connectivity index (χ2n) is 4.25. The fourth-order valence-corrected chi connectivity index (χ4v) is 2.58. The molecule has 0 atom stereocenters.